The summed E-state index contributed by atoms with van der Waals surface area (Å²) in [5, 5.41) is 15.0. The summed E-state index contributed by atoms with van der Waals surface area (Å²) in [5.41, 5.74) is 2.97. The Bertz CT molecular complexity index is 1000. The Morgan fingerprint density at radius 1 is 1.15 bits per heavy atom. The molecule has 3 rings (SSSR count). The molecule has 0 amide bonds. The van der Waals surface area contributed by atoms with Gasteiger partial charge < -0.3 is 0 Å². The normalized spacial score (nSPS) is 11.8. The summed E-state index contributed by atoms with van der Waals surface area (Å²) in [4.78, 5) is 14.3. The van der Waals surface area contributed by atoms with E-state index < -0.39 is 16.7 Å². The van der Waals surface area contributed by atoms with Crippen molar-refractivity contribution in [3.05, 3.63) is 76.0 Å². The summed E-state index contributed by atoms with van der Waals surface area (Å²) >= 11 is 0. The number of hydrogen-bond acceptors (Lipinski definition) is 5. The van der Waals surface area contributed by atoms with Crippen LogP contribution in [0.3, 0.4) is 0 Å². The third-order valence-corrected chi connectivity index (χ3v) is 3.55. The van der Waals surface area contributed by atoms with Crippen LogP contribution in [0.2, 0.25) is 0 Å². The van der Waals surface area contributed by atoms with Crippen LogP contribution in [0.15, 0.2) is 59.8 Å². The van der Waals surface area contributed by atoms with Gasteiger partial charge in [-0.25, -0.2) is 0 Å². The minimum absolute atomic E-state index is 0.0851. The first kappa shape index (κ1) is 17.3. The molecule has 26 heavy (non-hydrogen) atoms. The number of alkyl halides is 3. The Kier molecular flexibility index (Phi) is 4.53. The molecule has 9 heteroatoms. The zero-order valence-electron chi connectivity index (χ0n) is 13.1. The fraction of sp³-hybridized carbons (Fsp3) is 0.0588. The number of fused-ring (bicyclic) bond motifs is 1. The summed E-state index contributed by atoms with van der Waals surface area (Å²) in [6, 6.07) is 10.5. The predicted octanol–water partition coefficient (Wildman–Crippen LogP) is 4.61. The van der Waals surface area contributed by atoms with Gasteiger partial charge in [0.05, 0.1) is 27.9 Å². The van der Waals surface area contributed by atoms with Gasteiger partial charge in [-0.1, -0.05) is 12.1 Å². The molecule has 0 radical (unpaired) electrons. The second-order valence-electron chi connectivity index (χ2n) is 5.31. The molecule has 0 atom stereocenters. The van der Waals surface area contributed by atoms with Gasteiger partial charge in [-0.05, 0) is 24.3 Å². The first-order valence-electron chi connectivity index (χ1n) is 7.34. The summed E-state index contributed by atoms with van der Waals surface area (Å²) in [6.45, 7) is 0. The second-order valence-corrected chi connectivity index (χ2v) is 5.31. The molecule has 2 aromatic carbocycles. The maximum atomic E-state index is 12.9. The largest absolute Gasteiger partial charge is 0.416 e. The van der Waals surface area contributed by atoms with Crippen LogP contribution in [0.5, 0.6) is 0 Å². The predicted molar refractivity (Wildman–Crippen MR) is 91.1 cm³/mol. The Morgan fingerprint density at radius 3 is 2.69 bits per heavy atom. The van der Waals surface area contributed by atoms with E-state index in [4.69, 9.17) is 0 Å². The summed E-state index contributed by atoms with van der Waals surface area (Å²) in [6.07, 6.45) is -1.68. The third-order valence-electron chi connectivity index (χ3n) is 3.55. The quantitative estimate of drug-likeness (QED) is 0.419. The molecular weight excluding hydrogens is 349 g/mol. The number of benzene rings is 2. The minimum Gasteiger partial charge on any atom is -0.278 e. The molecule has 0 spiro atoms. The van der Waals surface area contributed by atoms with Crippen molar-refractivity contribution in [1.82, 2.24) is 4.98 Å². The fourth-order valence-corrected chi connectivity index (χ4v) is 2.32. The van der Waals surface area contributed by atoms with E-state index in [0.717, 1.165) is 12.1 Å². The first-order valence-corrected chi connectivity index (χ1v) is 7.34. The number of nitrogens with zero attached hydrogens (tertiary/aromatic N) is 3. The molecular formula is C17H11F3N4O2. The van der Waals surface area contributed by atoms with E-state index in [1.165, 1.54) is 42.7 Å². The molecule has 0 unspecified atom stereocenters. The van der Waals surface area contributed by atoms with Crippen molar-refractivity contribution >= 4 is 28.5 Å². The van der Waals surface area contributed by atoms with E-state index in [1.54, 1.807) is 6.07 Å². The van der Waals surface area contributed by atoms with Crippen LogP contribution in [-0.2, 0) is 6.18 Å². The van der Waals surface area contributed by atoms with Gasteiger partial charge >= 0.3 is 6.18 Å². The zero-order chi connectivity index (χ0) is 18.7. The van der Waals surface area contributed by atoms with E-state index in [-0.39, 0.29) is 11.1 Å². The Morgan fingerprint density at radius 2 is 1.96 bits per heavy atom. The van der Waals surface area contributed by atoms with Gasteiger partial charge in [-0.3, -0.25) is 20.5 Å². The van der Waals surface area contributed by atoms with Crippen LogP contribution in [0.1, 0.15) is 11.1 Å². The zero-order valence-corrected chi connectivity index (χ0v) is 13.1. The number of nitro benzene ring substituents is 1. The van der Waals surface area contributed by atoms with Crippen LogP contribution in [-0.4, -0.2) is 16.1 Å². The third kappa shape index (κ3) is 3.77. The SMILES string of the molecule is O=[N+]([O-])c1cccc(/C=N/Nc2ccnc3ccc(C(F)(F)F)cc23)c1. The molecule has 1 N–H and O–H groups in total. The summed E-state index contributed by atoms with van der Waals surface area (Å²) < 4.78 is 38.7. The number of pyridine rings is 1. The molecule has 0 saturated carbocycles. The maximum absolute atomic E-state index is 12.9. The van der Waals surface area contributed by atoms with Crippen molar-refractivity contribution in [2.24, 2.45) is 5.10 Å². The Balaban J connectivity index is 1.89. The highest BCUT2D eigenvalue weighted by atomic mass is 19.4. The average Bonchev–Trinajstić information content (AvgIpc) is 2.61. The maximum Gasteiger partial charge on any atom is 0.416 e. The highest BCUT2D eigenvalue weighted by molar-refractivity contribution is 5.92. The Labute approximate surface area is 145 Å². The molecule has 0 saturated heterocycles. The van der Waals surface area contributed by atoms with Gasteiger partial charge in [0.25, 0.3) is 5.69 Å². The van der Waals surface area contributed by atoms with Gasteiger partial charge in [0.1, 0.15) is 0 Å². The lowest BCUT2D eigenvalue weighted by molar-refractivity contribution is -0.384. The van der Waals surface area contributed by atoms with Crippen molar-refractivity contribution < 1.29 is 18.1 Å². The molecule has 0 fully saturated rings. The van der Waals surface area contributed by atoms with Gasteiger partial charge in [0.15, 0.2) is 0 Å². The number of nitrogens with one attached hydrogen (secondary N) is 1. The van der Waals surface area contributed by atoms with E-state index >= 15 is 0 Å². The van der Waals surface area contributed by atoms with E-state index in [2.05, 4.69) is 15.5 Å². The average molecular weight is 360 g/mol. The number of aromatic nitrogens is 1. The van der Waals surface area contributed by atoms with Crippen LogP contribution < -0.4 is 5.43 Å². The van der Waals surface area contributed by atoms with Crippen molar-refractivity contribution in [2.45, 2.75) is 6.18 Å². The molecule has 3 aromatic rings. The lowest BCUT2D eigenvalue weighted by atomic mass is 10.1. The summed E-state index contributed by atoms with van der Waals surface area (Å²) in [5.74, 6) is 0. The number of nitro groups is 1. The van der Waals surface area contributed by atoms with Gasteiger partial charge in [-0.15, -0.1) is 0 Å². The van der Waals surface area contributed by atoms with E-state index in [1.807, 2.05) is 0 Å². The molecule has 0 aliphatic carbocycles. The van der Waals surface area contributed by atoms with Crippen molar-refractivity contribution in [3.8, 4) is 0 Å². The number of non-ortho nitro benzene ring substituents is 1. The number of hydrogen-bond donors (Lipinski definition) is 1. The fourth-order valence-electron chi connectivity index (χ4n) is 2.32. The molecule has 6 nitrogen and oxygen atoms in total. The van der Waals surface area contributed by atoms with Gasteiger partial charge in [0.2, 0.25) is 0 Å². The lowest BCUT2D eigenvalue weighted by Crippen LogP contribution is -2.04. The minimum atomic E-state index is -4.46. The monoisotopic (exact) mass is 360 g/mol. The lowest BCUT2D eigenvalue weighted by Gasteiger charge is -2.10. The standard InChI is InChI=1S/C17H11F3N4O2/c18-17(19,20)12-4-5-15-14(9-12)16(6-7-21-15)23-22-10-11-2-1-3-13(8-11)24(25)26/h1-10H,(H,21,23)/b22-10+. The highest BCUT2D eigenvalue weighted by Crippen LogP contribution is 2.33. The van der Waals surface area contributed by atoms with Crippen molar-refractivity contribution in [2.75, 3.05) is 5.43 Å². The number of rotatable bonds is 4. The van der Waals surface area contributed by atoms with Crippen LogP contribution in [0.25, 0.3) is 10.9 Å². The molecule has 0 aliphatic rings. The molecule has 1 heterocycles. The van der Waals surface area contributed by atoms with Gasteiger partial charge in [0, 0.05) is 29.3 Å². The topological polar surface area (TPSA) is 80.4 Å². The van der Waals surface area contributed by atoms with Crippen LogP contribution in [0, 0.1) is 10.1 Å². The first-order chi connectivity index (χ1) is 12.3. The van der Waals surface area contributed by atoms with Crippen LogP contribution >= 0.6 is 0 Å². The highest BCUT2D eigenvalue weighted by Gasteiger charge is 2.30. The number of anilines is 1. The number of hydrazone groups is 1. The molecule has 1 aromatic heterocycles. The summed E-state index contributed by atoms with van der Waals surface area (Å²) in [7, 11) is 0. The van der Waals surface area contributed by atoms with Crippen LogP contribution in [0.4, 0.5) is 24.5 Å². The molecule has 132 valence electrons. The van der Waals surface area contributed by atoms with E-state index in [0.29, 0.717) is 16.8 Å². The van der Waals surface area contributed by atoms with Gasteiger partial charge in [-0.2, -0.15) is 18.3 Å². The smallest absolute Gasteiger partial charge is 0.278 e. The van der Waals surface area contributed by atoms with E-state index in [9.17, 15) is 23.3 Å². The molecule has 0 aliphatic heterocycles. The van der Waals surface area contributed by atoms with Crippen molar-refractivity contribution in [3.63, 3.8) is 0 Å². The van der Waals surface area contributed by atoms with Crippen molar-refractivity contribution in [1.29, 1.82) is 0 Å². The molecule has 0 bridgehead atoms. The number of halogens is 3. The second kappa shape index (κ2) is 6.79. The Hall–Kier alpha value is -3.49.